The van der Waals surface area contributed by atoms with Gasteiger partial charge in [-0.1, -0.05) is 0 Å². The molecule has 0 radical (unpaired) electrons. The molecule has 1 saturated heterocycles. The van der Waals surface area contributed by atoms with Crippen molar-refractivity contribution in [2.24, 2.45) is 5.10 Å². The lowest BCUT2D eigenvalue weighted by Gasteiger charge is -2.24. The molecule has 0 aliphatic carbocycles. The van der Waals surface area contributed by atoms with Gasteiger partial charge in [-0.05, 0) is 6.92 Å². The second-order valence-corrected chi connectivity index (χ2v) is 6.08. The Balaban J connectivity index is 2.60. The predicted molar refractivity (Wildman–Crippen MR) is 67.0 cm³/mol. The molecule has 1 aliphatic heterocycles. The number of carbonyl (C=O) groups excluding carboxylic acids is 1. The minimum atomic E-state index is -3.32. The van der Waals surface area contributed by atoms with Crippen LogP contribution in [-0.2, 0) is 23.1 Å². The smallest absolute Gasteiger partial charge is 0.337 e. The van der Waals surface area contributed by atoms with Crippen molar-refractivity contribution in [2.75, 3.05) is 46.7 Å². The van der Waals surface area contributed by atoms with Gasteiger partial charge in [0.25, 0.3) is 0 Å². The van der Waals surface area contributed by atoms with E-state index >= 15 is 0 Å². The third-order valence-electron chi connectivity index (χ3n) is 2.58. The summed E-state index contributed by atoms with van der Waals surface area (Å²) in [7, 11) is -0.806. The third-order valence-corrected chi connectivity index (χ3v) is 4.36. The summed E-state index contributed by atoms with van der Waals surface area (Å²) in [6.07, 6.45) is -0.292. The number of rotatable bonds is 6. The fraction of sp³-hybridized carbons (Fsp3) is 0.800. The van der Waals surface area contributed by atoms with Crippen LogP contribution in [0.15, 0.2) is 5.10 Å². The molecule has 1 fully saturated rings. The summed E-state index contributed by atoms with van der Waals surface area (Å²) in [6, 6.07) is 0. The van der Waals surface area contributed by atoms with E-state index in [0.717, 1.165) is 0 Å². The van der Waals surface area contributed by atoms with Crippen LogP contribution in [-0.4, -0.2) is 63.2 Å². The Morgan fingerprint density at radius 3 is 2.39 bits per heavy atom. The minimum Gasteiger partial charge on any atom is -0.378 e. The molecule has 1 rings (SSSR count). The van der Waals surface area contributed by atoms with Crippen LogP contribution in [0.3, 0.4) is 0 Å². The monoisotopic (exact) mass is 278 g/mol. The summed E-state index contributed by atoms with van der Waals surface area (Å²) in [5, 5.41) is 5.94. The first kappa shape index (κ1) is 15.3. The van der Waals surface area contributed by atoms with Crippen molar-refractivity contribution in [2.45, 2.75) is 6.92 Å². The molecule has 0 aromatic carbocycles. The number of hydrogen-bond acceptors (Lipinski definition) is 7. The van der Waals surface area contributed by atoms with Crippen LogP contribution in [0.5, 0.6) is 0 Å². The SMILES string of the molecule is COP(=O)(CC(=O)/C(C)=N/N1CCOCC1)OC. The van der Waals surface area contributed by atoms with Gasteiger partial charge in [-0.25, -0.2) is 0 Å². The molecule has 1 heterocycles. The molecule has 0 amide bonds. The van der Waals surface area contributed by atoms with Crippen LogP contribution < -0.4 is 0 Å². The summed E-state index contributed by atoms with van der Waals surface area (Å²) < 4.78 is 26.4. The lowest BCUT2D eigenvalue weighted by Crippen LogP contribution is -2.34. The van der Waals surface area contributed by atoms with E-state index in [2.05, 4.69) is 5.10 Å². The molecule has 0 N–H and O–H groups in total. The Bertz CT molecular complexity index is 357. The minimum absolute atomic E-state index is 0.292. The predicted octanol–water partition coefficient (Wildman–Crippen LogP) is 0.749. The van der Waals surface area contributed by atoms with Gasteiger partial charge in [0.05, 0.1) is 26.3 Å². The molecule has 0 aromatic heterocycles. The molecule has 104 valence electrons. The molecule has 0 saturated carbocycles. The number of carbonyl (C=O) groups is 1. The second kappa shape index (κ2) is 6.99. The van der Waals surface area contributed by atoms with Gasteiger partial charge in [-0.2, -0.15) is 5.10 Å². The van der Waals surface area contributed by atoms with Crippen molar-refractivity contribution in [3.63, 3.8) is 0 Å². The number of Topliss-reactive ketones (excluding diaryl/α,β-unsaturated/α-hetero) is 1. The van der Waals surface area contributed by atoms with E-state index in [1.54, 1.807) is 11.9 Å². The van der Waals surface area contributed by atoms with E-state index in [-0.39, 0.29) is 11.9 Å². The van der Waals surface area contributed by atoms with E-state index in [1.807, 2.05) is 0 Å². The van der Waals surface area contributed by atoms with Crippen molar-refractivity contribution in [3.05, 3.63) is 0 Å². The van der Waals surface area contributed by atoms with Gasteiger partial charge >= 0.3 is 7.60 Å². The topological polar surface area (TPSA) is 77.4 Å². The number of ether oxygens (including phenoxy) is 1. The molecule has 0 bridgehead atoms. The summed E-state index contributed by atoms with van der Waals surface area (Å²) in [4.78, 5) is 11.8. The zero-order chi connectivity index (χ0) is 13.6. The Hall–Kier alpha value is -0.750. The summed E-state index contributed by atoms with van der Waals surface area (Å²) >= 11 is 0. The highest BCUT2D eigenvalue weighted by molar-refractivity contribution is 7.55. The number of hydrazone groups is 1. The maximum Gasteiger partial charge on any atom is 0.337 e. The Morgan fingerprint density at radius 2 is 1.89 bits per heavy atom. The average molecular weight is 278 g/mol. The number of ketones is 1. The van der Waals surface area contributed by atoms with Gasteiger partial charge in [0.1, 0.15) is 11.9 Å². The quantitative estimate of drug-likeness (QED) is 0.527. The Labute approximate surface area is 107 Å². The van der Waals surface area contributed by atoms with Crippen molar-refractivity contribution in [3.8, 4) is 0 Å². The van der Waals surface area contributed by atoms with Crippen LogP contribution in [0, 0.1) is 0 Å². The largest absolute Gasteiger partial charge is 0.378 e. The molecule has 0 unspecified atom stereocenters. The Morgan fingerprint density at radius 1 is 1.33 bits per heavy atom. The van der Waals surface area contributed by atoms with Crippen LogP contribution in [0.1, 0.15) is 6.92 Å². The average Bonchev–Trinajstić information content (AvgIpc) is 2.39. The first-order valence-corrected chi connectivity index (χ1v) is 7.35. The van der Waals surface area contributed by atoms with Gasteiger partial charge < -0.3 is 13.8 Å². The molecule has 7 nitrogen and oxygen atoms in total. The first-order chi connectivity index (χ1) is 8.50. The van der Waals surface area contributed by atoms with Crippen LogP contribution >= 0.6 is 7.60 Å². The highest BCUT2D eigenvalue weighted by atomic mass is 31.2. The van der Waals surface area contributed by atoms with Crippen molar-refractivity contribution < 1.29 is 23.1 Å². The molecule has 18 heavy (non-hydrogen) atoms. The first-order valence-electron chi connectivity index (χ1n) is 5.62. The Kier molecular flexibility index (Phi) is 5.95. The van der Waals surface area contributed by atoms with Gasteiger partial charge in [-0.3, -0.25) is 14.4 Å². The van der Waals surface area contributed by atoms with Crippen molar-refractivity contribution in [1.82, 2.24) is 5.01 Å². The molecule has 0 aromatic rings. The van der Waals surface area contributed by atoms with Gasteiger partial charge in [0.15, 0.2) is 5.78 Å². The van der Waals surface area contributed by atoms with Crippen molar-refractivity contribution in [1.29, 1.82) is 0 Å². The fourth-order valence-corrected chi connectivity index (χ4v) is 2.40. The zero-order valence-electron chi connectivity index (χ0n) is 10.9. The summed E-state index contributed by atoms with van der Waals surface area (Å²) in [5.74, 6) is -0.339. The van der Waals surface area contributed by atoms with E-state index in [4.69, 9.17) is 13.8 Å². The van der Waals surface area contributed by atoms with Crippen molar-refractivity contribution >= 4 is 19.1 Å². The molecule has 1 aliphatic rings. The maximum absolute atomic E-state index is 11.8. The highest BCUT2D eigenvalue weighted by Crippen LogP contribution is 2.46. The lowest BCUT2D eigenvalue weighted by atomic mass is 10.3. The van der Waals surface area contributed by atoms with Gasteiger partial charge in [0, 0.05) is 14.2 Å². The van der Waals surface area contributed by atoms with Gasteiger partial charge in [-0.15, -0.1) is 0 Å². The van der Waals surface area contributed by atoms with E-state index in [0.29, 0.717) is 32.0 Å². The molecule has 0 spiro atoms. The van der Waals surface area contributed by atoms with E-state index in [1.165, 1.54) is 14.2 Å². The standard InChI is InChI=1S/C10H19N2O5P/c1-9(11-12-4-6-17-7-5-12)10(13)8-18(14,15-2)16-3/h4-8H2,1-3H3/b11-9+. The number of morpholine rings is 1. The molecule has 8 heteroatoms. The zero-order valence-corrected chi connectivity index (χ0v) is 11.8. The second-order valence-electron chi connectivity index (χ2n) is 3.81. The van der Waals surface area contributed by atoms with E-state index < -0.39 is 7.60 Å². The van der Waals surface area contributed by atoms with Crippen LogP contribution in [0.2, 0.25) is 0 Å². The lowest BCUT2D eigenvalue weighted by molar-refractivity contribution is -0.111. The fourth-order valence-electron chi connectivity index (χ4n) is 1.42. The van der Waals surface area contributed by atoms with E-state index in [9.17, 15) is 9.36 Å². The van der Waals surface area contributed by atoms with Crippen LogP contribution in [0.25, 0.3) is 0 Å². The van der Waals surface area contributed by atoms with Gasteiger partial charge in [0.2, 0.25) is 0 Å². The summed E-state index contributed by atoms with van der Waals surface area (Å²) in [5.41, 5.74) is 0.297. The normalized spacial score (nSPS) is 17.9. The number of nitrogens with zero attached hydrogens (tertiary/aromatic N) is 2. The molecular formula is C10H19N2O5P. The number of hydrogen-bond donors (Lipinski definition) is 0. The molecular weight excluding hydrogens is 259 g/mol. The third kappa shape index (κ3) is 4.49. The maximum atomic E-state index is 11.8. The summed E-state index contributed by atoms with van der Waals surface area (Å²) in [6.45, 7) is 4.08. The molecule has 0 atom stereocenters. The highest BCUT2D eigenvalue weighted by Gasteiger charge is 2.27. The van der Waals surface area contributed by atoms with Crippen LogP contribution in [0.4, 0.5) is 0 Å².